The molecule has 23 heavy (non-hydrogen) atoms. The van der Waals surface area contributed by atoms with E-state index in [1.165, 1.54) is 12.1 Å². The highest BCUT2D eigenvalue weighted by molar-refractivity contribution is 14.1. The fourth-order valence-electron chi connectivity index (χ4n) is 1.73. The maximum atomic E-state index is 10.4. The molecule has 0 spiro atoms. The minimum Gasteiger partial charge on any atom is -0.744 e. The molecule has 0 aliphatic heterocycles. The number of hydrogen-bond acceptors (Lipinski definition) is 4. The molecule has 0 heterocycles. The zero-order chi connectivity index (χ0) is 17.9. The number of unbranched alkanes of at least 4 members (excludes halogenated alkanes) is 1. The van der Waals surface area contributed by atoms with Crippen molar-refractivity contribution >= 4 is 32.7 Å². The lowest BCUT2D eigenvalue weighted by Crippen LogP contribution is -2.42. The first kappa shape index (κ1) is 22.3. The highest BCUT2D eigenvalue weighted by atomic mass is 127. The minimum absolute atomic E-state index is 0.178. The van der Waals surface area contributed by atoms with Crippen LogP contribution in [0.25, 0.3) is 0 Å². The first-order chi connectivity index (χ1) is 10.6. The van der Waals surface area contributed by atoms with Crippen LogP contribution in [0.4, 0.5) is 0 Å². The van der Waals surface area contributed by atoms with Gasteiger partial charge in [0.25, 0.3) is 0 Å². The summed E-state index contributed by atoms with van der Waals surface area (Å²) in [7, 11) is -0.00430. The van der Waals surface area contributed by atoms with Crippen molar-refractivity contribution in [3.63, 3.8) is 0 Å². The van der Waals surface area contributed by atoms with E-state index in [9.17, 15) is 13.0 Å². The second kappa shape index (κ2) is 11.0. The van der Waals surface area contributed by atoms with Crippen LogP contribution in [0.15, 0.2) is 29.2 Å². The third kappa shape index (κ3) is 11.5. The molecular formula is C16H24INO4S. The summed E-state index contributed by atoms with van der Waals surface area (Å²) in [6.07, 6.45) is 2.08. The number of aryl methyl sites for hydroxylation is 1. The predicted molar refractivity (Wildman–Crippen MR) is 99.1 cm³/mol. The van der Waals surface area contributed by atoms with Crippen molar-refractivity contribution in [2.45, 2.75) is 24.7 Å². The molecule has 1 aromatic rings. The van der Waals surface area contributed by atoms with Crippen LogP contribution in [-0.4, -0.2) is 56.4 Å². The average molecular weight is 453 g/mol. The van der Waals surface area contributed by atoms with Gasteiger partial charge in [-0.25, -0.2) is 8.42 Å². The Morgan fingerprint density at radius 3 is 2.22 bits per heavy atom. The van der Waals surface area contributed by atoms with Crippen molar-refractivity contribution in [1.82, 2.24) is 0 Å². The average Bonchev–Trinajstić information content (AvgIpc) is 2.44. The van der Waals surface area contributed by atoms with E-state index in [1.54, 1.807) is 12.1 Å². The van der Waals surface area contributed by atoms with Gasteiger partial charge in [-0.1, -0.05) is 23.6 Å². The molecule has 0 unspecified atom stereocenters. The van der Waals surface area contributed by atoms with Gasteiger partial charge in [-0.2, -0.15) is 0 Å². The Bertz CT molecular complexity index is 616. The zero-order valence-corrected chi connectivity index (χ0v) is 16.7. The van der Waals surface area contributed by atoms with Gasteiger partial charge in [0.1, 0.15) is 16.7 Å². The number of rotatable bonds is 6. The summed E-state index contributed by atoms with van der Waals surface area (Å²) < 4.78 is 34.9. The first-order valence-electron chi connectivity index (χ1n) is 7.16. The number of aliphatic hydroxyl groups is 1. The summed E-state index contributed by atoms with van der Waals surface area (Å²) in [4.78, 5) is -0.178. The summed E-state index contributed by atoms with van der Waals surface area (Å²) in [5.41, 5.74) is 0.928. The van der Waals surface area contributed by atoms with Crippen molar-refractivity contribution < 1.29 is 22.6 Å². The van der Waals surface area contributed by atoms with E-state index in [-0.39, 0.29) is 11.5 Å². The third-order valence-electron chi connectivity index (χ3n) is 3.15. The van der Waals surface area contributed by atoms with Gasteiger partial charge in [-0.3, -0.25) is 0 Å². The van der Waals surface area contributed by atoms with Crippen LogP contribution in [0.2, 0.25) is 0 Å². The Kier molecular flexibility index (Phi) is 10.7. The summed E-state index contributed by atoms with van der Waals surface area (Å²) >= 11 is 2.06. The van der Waals surface area contributed by atoms with Crippen molar-refractivity contribution in [3.8, 4) is 9.85 Å². The van der Waals surface area contributed by atoms with Crippen LogP contribution in [0.3, 0.4) is 0 Å². The number of hydrogen-bond donors (Lipinski definition) is 1. The van der Waals surface area contributed by atoms with Gasteiger partial charge in [-0.15, -0.1) is 0 Å². The lowest BCUT2D eigenvalue weighted by molar-refractivity contribution is -0.890. The predicted octanol–water partition coefficient (Wildman–Crippen LogP) is 2.13. The van der Waals surface area contributed by atoms with Crippen LogP contribution in [0.1, 0.15) is 18.4 Å². The molecule has 7 heteroatoms. The molecule has 1 N–H and O–H groups in total. The molecule has 0 aliphatic carbocycles. The van der Waals surface area contributed by atoms with Crippen molar-refractivity contribution in [2.75, 3.05) is 33.8 Å². The van der Waals surface area contributed by atoms with E-state index in [2.05, 4.69) is 46.5 Å². The molecule has 0 aromatic heterocycles. The number of nitrogens with zero attached hydrogens (tertiary/aromatic N) is 1. The number of likely N-dealkylation sites (N-methyl/N-ethyl adjacent to an activating group) is 1. The van der Waals surface area contributed by atoms with Gasteiger partial charge in [0.05, 0.1) is 32.1 Å². The first-order valence-corrected chi connectivity index (χ1v) is 9.65. The smallest absolute Gasteiger partial charge is 0.124 e. The monoisotopic (exact) mass is 453 g/mol. The fraction of sp³-hybridized carbons (Fsp3) is 0.500. The molecule has 1 rings (SSSR count). The van der Waals surface area contributed by atoms with E-state index in [4.69, 9.17) is 5.11 Å². The van der Waals surface area contributed by atoms with E-state index < -0.39 is 10.1 Å². The molecular weight excluding hydrogens is 429 g/mol. The Balaban J connectivity index is 0.000000422. The van der Waals surface area contributed by atoms with E-state index in [0.717, 1.165) is 36.0 Å². The summed E-state index contributed by atoms with van der Waals surface area (Å²) in [6.45, 7) is 4.01. The maximum Gasteiger partial charge on any atom is 0.124 e. The fourth-order valence-corrected chi connectivity index (χ4v) is 2.47. The van der Waals surface area contributed by atoms with Gasteiger partial charge < -0.3 is 14.1 Å². The molecule has 0 atom stereocenters. The molecule has 0 aliphatic rings. The number of halogens is 1. The molecule has 0 saturated carbocycles. The van der Waals surface area contributed by atoms with E-state index in [1.807, 2.05) is 6.92 Å². The molecule has 0 bridgehead atoms. The van der Waals surface area contributed by atoms with Crippen molar-refractivity contribution in [2.24, 2.45) is 0 Å². The zero-order valence-electron chi connectivity index (χ0n) is 13.8. The van der Waals surface area contributed by atoms with Gasteiger partial charge in [-0.05, 0) is 23.0 Å². The van der Waals surface area contributed by atoms with E-state index >= 15 is 0 Å². The molecule has 130 valence electrons. The summed E-state index contributed by atoms with van der Waals surface area (Å²) in [5.74, 6) is 3.03. The number of aliphatic hydroxyl groups excluding tert-OH is 1. The lowest BCUT2D eigenvalue weighted by Gasteiger charge is -2.28. The lowest BCUT2D eigenvalue weighted by atomic mass is 10.2. The Morgan fingerprint density at radius 1 is 1.22 bits per heavy atom. The molecule has 0 amide bonds. The van der Waals surface area contributed by atoms with Crippen molar-refractivity contribution in [3.05, 3.63) is 29.8 Å². The standard InChI is InChI=1S/C9H17INO.C7H8O3S/c1-11(2,8-9-12)7-5-3-4-6-10;1-6-2-4-7(5-3-6)11(8,9)10/h12H,3,5,7-9H2,1-2H3;2-5H,1H3,(H,8,9,10)/q+1;/p-1. The maximum absolute atomic E-state index is 10.4. The van der Waals surface area contributed by atoms with Gasteiger partial charge >= 0.3 is 0 Å². The third-order valence-corrected chi connectivity index (χ3v) is 4.38. The van der Waals surface area contributed by atoms with Gasteiger partial charge in [0, 0.05) is 35.4 Å². The second-order valence-electron chi connectivity index (χ2n) is 5.75. The normalized spacial score (nSPS) is 11.0. The SMILES string of the molecule is C[N+](C)(CCO)CCCC#CI.Cc1ccc(S(=O)(=O)[O-])cc1. The second-order valence-corrected chi connectivity index (χ2v) is 7.67. The quantitative estimate of drug-likeness (QED) is 0.236. The summed E-state index contributed by atoms with van der Waals surface area (Å²) in [6, 6.07) is 5.78. The van der Waals surface area contributed by atoms with Gasteiger partial charge in [0.2, 0.25) is 0 Å². The largest absolute Gasteiger partial charge is 0.744 e. The summed E-state index contributed by atoms with van der Waals surface area (Å²) in [5, 5.41) is 8.76. The van der Waals surface area contributed by atoms with E-state index in [0.29, 0.717) is 0 Å². The van der Waals surface area contributed by atoms with Crippen LogP contribution in [-0.2, 0) is 10.1 Å². The molecule has 0 saturated heterocycles. The highest BCUT2D eigenvalue weighted by Gasteiger charge is 2.12. The van der Waals surface area contributed by atoms with Crippen LogP contribution < -0.4 is 0 Å². The minimum atomic E-state index is -4.27. The molecule has 0 fully saturated rings. The topological polar surface area (TPSA) is 77.4 Å². The van der Waals surface area contributed by atoms with Crippen LogP contribution in [0, 0.1) is 16.8 Å². The Hall–Kier alpha value is -0.660. The molecule has 5 nitrogen and oxygen atoms in total. The highest BCUT2D eigenvalue weighted by Crippen LogP contribution is 2.08. The van der Waals surface area contributed by atoms with Crippen molar-refractivity contribution in [1.29, 1.82) is 0 Å². The molecule has 0 radical (unpaired) electrons. The van der Waals surface area contributed by atoms with Crippen LogP contribution in [0.5, 0.6) is 0 Å². The molecule has 1 aromatic carbocycles. The Morgan fingerprint density at radius 2 is 1.78 bits per heavy atom. The van der Waals surface area contributed by atoms with Gasteiger partial charge in [0.15, 0.2) is 0 Å². The Labute approximate surface area is 153 Å². The van der Waals surface area contributed by atoms with Crippen LogP contribution >= 0.6 is 22.6 Å². The number of benzene rings is 1. The number of quaternary nitrogens is 1.